The minimum Gasteiger partial charge on any atom is -0.467 e. The van der Waals surface area contributed by atoms with Crippen LogP contribution in [-0.2, 0) is 17.9 Å². The molecule has 1 heterocycles. The van der Waals surface area contributed by atoms with Crippen molar-refractivity contribution in [3.05, 3.63) is 23.7 Å². The van der Waals surface area contributed by atoms with E-state index in [9.17, 15) is 0 Å². The number of rotatable bonds is 8. The Bertz CT molecular complexity index is 306. The molecule has 3 heteroatoms. The highest BCUT2D eigenvalue weighted by molar-refractivity contribution is 5.12. The maximum absolute atomic E-state index is 5.59. The summed E-state index contributed by atoms with van der Waals surface area (Å²) in [6, 6.07) is 2.08. The van der Waals surface area contributed by atoms with Crippen molar-refractivity contribution in [3.8, 4) is 0 Å². The van der Waals surface area contributed by atoms with E-state index in [-0.39, 0.29) is 0 Å². The molecule has 0 spiro atoms. The third kappa shape index (κ3) is 4.92. The molecule has 1 fully saturated rings. The van der Waals surface area contributed by atoms with Crippen LogP contribution in [0.3, 0.4) is 0 Å². The van der Waals surface area contributed by atoms with Crippen LogP contribution in [0.2, 0.25) is 0 Å². The first-order valence-corrected chi connectivity index (χ1v) is 6.59. The SMILES string of the molecule is CC(C)CNCc1coc(COCC2CC2)c1. The standard InChI is InChI=1S/C14H23NO2/c1-11(2)6-15-7-13-5-14(17-9-13)10-16-8-12-3-4-12/h5,9,11-12,15H,3-4,6-8,10H2,1-2H3. The van der Waals surface area contributed by atoms with Crippen LogP contribution in [0.15, 0.2) is 16.7 Å². The van der Waals surface area contributed by atoms with E-state index < -0.39 is 0 Å². The Morgan fingerprint density at radius 1 is 1.47 bits per heavy atom. The summed E-state index contributed by atoms with van der Waals surface area (Å²) in [5.74, 6) is 2.44. The Morgan fingerprint density at radius 3 is 3.00 bits per heavy atom. The van der Waals surface area contributed by atoms with Gasteiger partial charge in [-0.25, -0.2) is 0 Å². The molecule has 0 amide bonds. The zero-order chi connectivity index (χ0) is 12.1. The van der Waals surface area contributed by atoms with Gasteiger partial charge in [0, 0.05) is 18.7 Å². The molecular formula is C14H23NO2. The lowest BCUT2D eigenvalue weighted by Crippen LogP contribution is -2.18. The number of hydrogen-bond acceptors (Lipinski definition) is 3. The highest BCUT2D eigenvalue weighted by atomic mass is 16.5. The van der Waals surface area contributed by atoms with E-state index in [2.05, 4.69) is 25.2 Å². The molecule has 0 radical (unpaired) electrons. The minimum absolute atomic E-state index is 0.612. The van der Waals surface area contributed by atoms with Crippen LogP contribution in [0.5, 0.6) is 0 Å². The lowest BCUT2D eigenvalue weighted by molar-refractivity contribution is 0.0973. The van der Waals surface area contributed by atoms with E-state index in [0.717, 1.165) is 31.4 Å². The first kappa shape index (κ1) is 12.7. The van der Waals surface area contributed by atoms with E-state index in [1.165, 1.54) is 18.4 Å². The Labute approximate surface area is 104 Å². The zero-order valence-corrected chi connectivity index (χ0v) is 10.9. The molecule has 1 saturated carbocycles. The number of furan rings is 1. The fraction of sp³-hybridized carbons (Fsp3) is 0.714. The molecule has 0 bridgehead atoms. The zero-order valence-electron chi connectivity index (χ0n) is 10.9. The molecule has 17 heavy (non-hydrogen) atoms. The van der Waals surface area contributed by atoms with E-state index in [4.69, 9.17) is 9.15 Å². The average molecular weight is 237 g/mol. The Hall–Kier alpha value is -0.800. The van der Waals surface area contributed by atoms with Crippen molar-refractivity contribution in [1.29, 1.82) is 0 Å². The average Bonchev–Trinajstić information content (AvgIpc) is 2.98. The highest BCUT2D eigenvalue weighted by Gasteiger charge is 2.21. The van der Waals surface area contributed by atoms with Crippen molar-refractivity contribution >= 4 is 0 Å². The van der Waals surface area contributed by atoms with Crippen LogP contribution in [0.25, 0.3) is 0 Å². The maximum atomic E-state index is 5.59. The van der Waals surface area contributed by atoms with Crippen LogP contribution in [-0.4, -0.2) is 13.2 Å². The summed E-state index contributed by atoms with van der Waals surface area (Å²) >= 11 is 0. The lowest BCUT2D eigenvalue weighted by Gasteiger charge is -2.04. The summed E-state index contributed by atoms with van der Waals surface area (Å²) in [6.07, 6.45) is 4.49. The first-order chi connectivity index (χ1) is 8.24. The minimum atomic E-state index is 0.612. The monoisotopic (exact) mass is 237 g/mol. The summed E-state index contributed by atoms with van der Waals surface area (Å²) in [5.41, 5.74) is 1.20. The van der Waals surface area contributed by atoms with Crippen LogP contribution in [0, 0.1) is 11.8 Å². The number of ether oxygens (including phenoxy) is 1. The van der Waals surface area contributed by atoms with E-state index >= 15 is 0 Å². The predicted octanol–water partition coefficient (Wildman–Crippen LogP) is 2.95. The molecule has 3 nitrogen and oxygen atoms in total. The molecule has 0 unspecified atom stereocenters. The van der Waals surface area contributed by atoms with E-state index in [1.54, 1.807) is 0 Å². The number of nitrogens with one attached hydrogen (secondary N) is 1. The largest absolute Gasteiger partial charge is 0.467 e. The van der Waals surface area contributed by atoms with Crippen molar-refractivity contribution in [3.63, 3.8) is 0 Å². The van der Waals surface area contributed by atoms with Gasteiger partial charge in [0.2, 0.25) is 0 Å². The second-order valence-corrected chi connectivity index (χ2v) is 5.40. The normalized spacial score (nSPS) is 15.7. The van der Waals surface area contributed by atoms with Gasteiger partial charge in [-0.15, -0.1) is 0 Å². The maximum Gasteiger partial charge on any atom is 0.129 e. The molecule has 96 valence electrons. The summed E-state index contributed by atoms with van der Waals surface area (Å²) in [6.45, 7) is 7.84. The van der Waals surface area contributed by atoms with Gasteiger partial charge in [0.25, 0.3) is 0 Å². The molecule has 0 atom stereocenters. The molecular weight excluding hydrogens is 214 g/mol. The smallest absolute Gasteiger partial charge is 0.129 e. The molecule has 1 aromatic heterocycles. The van der Waals surface area contributed by atoms with Gasteiger partial charge >= 0.3 is 0 Å². The summed E-state index contributed by atoms with van der Waals surface area (Å²) < 4.78 is 11.0. The van der Waals surface area contributed by atoms with Crippen molar-refractivity contribution in [2.75, 3.05) is 13.2 Å². The summed E-state index contributed by atoms with van der Waals surface area (Å²) in [5, 5.41) is 3.40. The quantitative estimate of drug-likeness (QED) is 0.755. The van der Waals surface area contributed by atoms with Gasteiger partial charge in [-0.3, -0.25) is 0 Å². The Morgan fingerprint density at radius 2 is 2.29 bits per heavy atom. The molecule has 0 aliphatic heterocycles. The van der Waals surface area contributed by atoms with Crippen LogP contribution < -0.4 is 5.32 Å². The molecule has 0 saturated heterocycles. The van der Waals surface area contributed by atoms with Crippen molar-refractivity contribution in [1.82, 2.24) is 5.32 Å². The molecule has 1 N–H and O–H groups in total. The van der Waals surface area contributed by atoms with E-state index in [0.29, 0.717) is 12.5 Å². The van der Waals surface area contributed by atoms with Crippen LogP contribution >= 0.6 is 0 Å². The van der Waals surface area contributed by atoms with Gasteiger partial charge in [-0.1, -0.05) is 13.8 Å². The van der Waals surface area contributed by atoms with Gasteiger partial charge in [0.15, 0.2) is 0 Å². The van der Waals surface area contributed by atoms with Crippen molar-refractivity contribution < 1.29 is 9.15 Å². The first-order valence-electron chi connectivity index (χ1n) is 6.59. The third-order valence-electron chi connectivity index (χ3n) is 2.88. The predicted molar refractivity (Wildman–Crippen MR) is 67.6 cm³/mol. The fourth-order valence-electron chi connectivity index (χ4n) is 1.71. The van der Waals surface area contributed by atoms with Crippen LogP contribution in [0.4, 0.5) is 0 Å². The molecule has 1 aliphatic rings. The molecule has 0 aromatic carbocycles. The second kappa shape index (κ2) is 6.22. The van der Waals surface area contributed by atoms with Gasteiger partial charge < -0.3 is 14.5 Å². The molecule has 1 aliphatic carbocycles. The van der Waals surface area contributed by atoms with Crippen molar-refractivity contribution in [2.24, 2.45) is 11.8 Å². The van der Waals surface area contributed by atoms with Gasteiger partial charge in [-0.05, 0) is 37.3 Å². The Kier molecular flexibility index (Phi) is 4.63. The van der Waals surface area contributed by atoms with Crippen LogP contribution in [0.1, 0.15) is 38.0 Å². The highest BCUT2D eigenvalue weighted by Crippen LogP contribution is 2.29. The third-order valence-corrected chi connectivity index (χ3v) is 2.88. The number of hydrogen-bond donors (Lipinski definition) is 1. The summed E-state index contributed by atoms with van der Waals surface area (Å²) in [7, 11) is 0. The Balaban J connectivity index is 1.63. The molecule has 2 rings (SSSR count). The fourth-order valence-corrected chi connectivity index (χ4v) is 1.71. The van der Waals surface area contributed by atoms with Crippen molar-refractivity contribution in [2.45, 2.75) is 39.8 Å². The van der Waals surface area contributed by atoms with E-state index in [1.807, 2.05) is 6.26 Å². The molecule has 1 aromatic rings. The summed E-state index contributed by atoms with van der Waals surface area (Å²) in [4.78, 5) is 0. The topological polar surface area (TPSA) is 34.4 Å². The van der Waals surface area contributed by atoms with Gasteiger partial charge in [0.1, 0.15) is 12.4 Å². The van der Waals surface area contributed by atoms with Gasteiger partial charge in [-0.2, -0.15) is 0 Å². The van der Waals surface area contributed by atoms with Gasteiger partial charge in [0.05, 0.1) is 6.26 Å². The lowest BCUT2D eigenvalue weighted by atomic mass is 10.2. The second-order valence-electron chi connectivity index (χ2n) is 5.40.